The molecule has 4 nitrogen and oxygen atoms in total. The normalized spacial score (nSPS) is 10.5. The van der Waals surface area contributed by atoms with Crippen LogP contribution in [0.2, 0.25) is 0 Å². The molecule has 0 saturated heterocycles. The molecule has 0 bridgehead atoms. The molecule has 0 aliphatic heterocycles. The molecule has 2 N–H and O–H groups in total. The van der Waals surface area contributed by atoms with Crippen molar-refractivity contribution in [2.45, 2.75) is 20.0 Å². The van der Waals surface area contributed by atoms with Gasteiger partial charge in [-0.15, -0.1) is 0 Å². The van der Waals surface area contributed by atoms with Gasteiger partial charge in [-0.25, -0.2) is 0 Å². The fraction of sp³-hybridized carbons (Fsp3) is 0.200. The highest BCUT2D eigenvalue weighted by Gasteiger charge is 2.13. The third-order valence-corrected chi connectivity index (χ3v) is 2.54. The van der Waals surface area contributed by atoms with Crippen molar-refractivity contribution >= 4 is 11.5 Å². The number of benzene rings is 1. The number of pyridine rings is 1. The minimum absolute atomic E-state index is 0.105. The third-order valence-electron chi connectivity index (χ3n) is 2.54. The number of aromatic nitrogens is 1. The van der Waals surface area contributed by atoms with E-state index in [4.69, 9.17) is 10.5 Å². The van der Waals surface area contributed by atoms with Gasteiger partial charge < -0.3 is 10.5 Å². The Morgan fingerprint density at radius 2 is 1.89 bits per heavy atom. The van der Waals surface area contributed by atoms with E-state index in [0.29, 0.717) is 11.3 Å². The lowest BCUT2D eigenvalue weighted by molar-refractivity contribution is 0.103. The summed E-state index contributed by atoms with van der Waals surface area (Å²) < 4.78 is 5.53. The topological polar surface area (TPSA) is 65.2 Å². The van der Waals surface area contributed by atoms with Crippen LogP contribution < -0.4 is 10.5 Å². The van der Waals surface area contributed by atoms with Crippen LogP contribution in [0.25, 0.3) is 0 Å². The number of anilines is 1. The minimum atomic E-state index is -0.186. The summed E-state index contributed by atoms with van der Waals surface area (Å²) in [5, 5.41) is 0. The van der Waals surface area contributed by atoms with Crippen LogP contribution in [-0.2, 0) is 0 Å². The van der Waals surface area contributed by atoms with Gasteiger partial charge in [-0.3, -0.25) is 9.78 Å². The van der Waals surface area contributed by atoms with Gasteiger partial charge in [0.25, 0.3) is 0 Å². The average Bonchev–Trinajstić information content (AvgIpc) is 2.39. The van der Waals surface area contributed by atoms with Gasteiger partial charge >= 0.3 is 0 Å². The highest BCUT2D eigenvalue weighted by Crippen LogP contribution is 2.18. The van der Waals surface area contributed by atoms with E-state index in [0.717, 1.165) is 5.75 Å². The maximum absolute atomic E-state index is 12.2. The van der Waals surface area contributed by atoms with Crippen LogP contribution in [-0.4, -0.2) is 16.9 Å². The molecule has 1 aromatic carbocycles. The van der Waals surface area contributed by atoms with E-state index in [1.54, 1.807) is 42.6 Å². The van der Waals surface area contributed by atoms with Gasteiger partial charge in [0.05, 0.1) is 11.8 Å². The van der Waals surface area contributed by atoms with Crippen molar-refractivity contribution in [3.63, 3.8) is 0 Å². The van der Waals surface area contributed by atoms with Gasteiger partial charge in [0.1, 0.15) is 11.4 Å². The summed E-state index contributed by atoms with van der Waals surface area (Å²) >= 11 is 0. The van der Waals surface area contributed by atoms with Crippen LogP contribution in [0.15, 0.2) is 42.6 Å². The highest BCUT2D eigenvalue weighted by molar-refractivity contribution is 6.10. The number of nitrogens with two attached hydrogens (primary N) is 1. The molecular weight excluding hydrogens is 240 g/mol. The van der Waals surface area contributed by atoms with Gasteiger partial charge in [0, 0.05) is 11.8 Å². The van der Waals surface area contributed by atoms with Crippen LogP contribution in [0, 0.1) is 0 Å². The highest BCUT2D eigenvalue weighted by atomic mass is 16.5. The molecule has 1 heterocycles. The maximum Gasteiger partial charge on any atom is 0.213 e. The van der Waals surface area contributed by atoms with E-state index in [2.05, 4.69) is 4.98 Å². The largest absolute Gasteiger partial charge is 0.491 e. The Labute approximate surface area is 112 Å². The Kier molecular flexibility index (Phi) is 3.80. The molecule has 98 valence electrons. The lowest BCUT2D eigenvalue weighted by Gasteiger charge is -2.10. The van der Waals surface area contributed by atoms with E-state index in [1.165, 1.54) is 0 Å². The zero-order valence-corrected chi connectivity index (χ0v) is 11.0. The summed E-state index contributed by atoms with van der Waals surface area (Å²) in [4.78, 5) is 16.2. The van der Waals surface area contributed by atoms with Crippen LogP contribution in [0.1, 0.15) is 29.9 Å². The zero-order valence-electron chi connectivity index (χ0n) is 11.0. The number of nitrogens with zero attached hydrogens (tertiary/aromatic N) is 1. The summed E-state index contributed by atoms with van der Waals surface area (Å²) in [6.45, 7) is 3.90. The second kappa shape index (κ2) is 5.52. The predicted molar refractivity (Wildman–Crippen MR) is 74.3 cm³/mol. The number of carbonyl (C=O) groups is 1. The van der Waals surface area contributed by atoms with Gasteiger partial charge in [0.2, 0.25) is 5.78 Å². The summed E-state index contributed by atoms with van der Waals surface area (Å²) in [6.07, 6.45) is 1.66. The Morgan fingerprint density at radius 3 is 2.47 bits per heavy atom. The number of nitrogen functional groups attached to an aromatic ring is 1. The molecule has 0 fully saturated rings. The number of ketones is 1. The second-order valence-electron chi connectivity index (χ2n) is 4.46. The number of hydrogen-bond donors (Lipinski definition) is 1. The molecule has 2 rings (SSSR count). The fourth-order valence-electron chi connectivity index (χ4n) is 1.70. The Hall–Kier alpha value is -2.36. The first kappa shape index (κ1) is 13.1. The molecule has 0 aliphatic rings. The van der Waals surface area contributed by atoms with E-state index in [9.17, 15) is 4.79 Å². The quantitative estimate of drug-likeness (QED) is 0.854. The molecule has 0 aliphatic carbocycles. The Bertz CT molecular complexity index is 577. The van der Waals surface area contributed by atoms with Gasteiger partial charge in [-0.2, -0.15) is 0 Å². The standard InChI is InChI=1S/C15H16N2O2/c1-10(2)19-12-7-5-11(6-8-12)15(18)14-13(16)4-3-9-17-14/h3-10H,16H2,1-2H3. The van der Waals surface area contributed by atoms with Crippen LogP contribution in [0.4, 0.5) is 5.69 Å². The lowest BCUT2D eigenvalue weighted by Crippen LogP contribution is -2.08. The Morgan fingerprint density at radius 1 is 1.21 bits per heavy atom. The van der Waals surface area contributed by atoms with Crippen LogP contribution >= 0.6 is 0 Å². The molecule has 0 spiro atoms. The summed E-state index contributed by atoms with van der Waals surface area (Å²) in [6, 6.07) is 10.3. The number of rotatable bonds is 4. The molecule has 2 aromatic rings. The summed E-state index contributed by atoms with van der Waals surface area (Å²) in [5.74, 6) is 0.551. The van der Waals surface area contributed by atoms with Crippen molar-refractivity contribution in [3.05, 3.63) is 53.9 Å². The number of carbonyl (C=O) groups excluding carboxylic acids is 1. The molecule has 0 unspecified atom stereocenters. The molecule has 0 saturated carbocycles. The van der Waals surface area contributed by atoms with Crippen molar-refractivity contribution in [2.24, 2.45) is 0 Å². The van der Waals surface area contributed by atoms with E-state index >= 15 is 0 Å². The maximum atomic E-state index is 12.2. The predicted octanol–water partition coefficient (Wildman–Crippen LogP) is 2.68. The number of hydrogen-bond acceptors (Lipinski definition) is 4. The molecular formula is C15H16N2O2. The van der Waals surface area contributed by atoms with Crippen molar-refractivity contribution in [2.75, 3.05) is 5.73 Å². The van der Waals surface area contributed by atoms with Crippen LogP contribution in [0.5, 0.6) is 5.75 Å². The first-order valence-electron chi connectivity index (χ1n) is 6.10. The van der Waals surface area contributed by atoms with Crippen molar-refractivity contribution < 1.29 is 9.53 Å². The fourth-order valence-corrected chi connectivity index (χ4v) is 1.70. The first-order valence-corrected chi connectivity index (χ1v) is 6.10. The smallest absolute Gasteiger partial charge is 0.213 e. The Balaban J connectivity index is 2.23. The van der Waals surface area contributed by atoms with Gasteiger partial charge in [0.15, 0.2) is 0 Å². The van der Waals surface area contributed by atoms with E-state index in [1.807, 2.05) is 13.8 Å². The van der Waals surface area contributed by atoms with Crippen molar-refractivity contribution in [3.8, 4) is 5.75 Å². The first-order chi connectivity index (χ1) is 9.08. The van der Waals surface area contributed by atoms with Crippen molar-refractivity contribution in [1.82, 2.24) is 4.98 Å². The van der Waals surface area contributed by atoms with Gasteiger partial charge in [-0.05, 0) is 50.2 Å². The molecule has 4 heteroatoms. The monoisotopic (exact) mass is 256 g/mol. The molecule has 0 atom stereocenters. The minimum Gasteiger partial charge on any atom is -0.491 e. The molecule has 0 radical (unpaired) electrons. The summed E-state index contributed by atoms with van der Waals surface area (Å²) in [7, 11) is 0. The summed E-state index contributed by atoms with van der Waals surface area (Å²) in [5.41, 5.74) is 6.95. The molecule has 0 amide bonds. The molecule has 19 heavy (non-hydrogen) atoms. The van der Waals surface area contributed by atoms with Crippen LogP contribution in [0.3, 0.4) is 0 Å². The molecule has 1 aromatic heterocycles. The zero-order chi connectivity index (χ0) is 13.8. The average molecular weight is 256 g/mol. The third kappa shape index (κ3) is 3.10. The second-order valence-corrected chi connectivity index (χ2v) is 4.46. The van der Waals surface area contributed by atoms with E-state index in [-0.39, 0.29) is 17.6 Å². The lowest BCUT2D eigenvalue weighted by atomic mass is 10.1. The van der Waals surface area contributed by atoms with Gasteiger partial charge in [-0.1, -0.05) is 0 Å². The van der Waals surface area contributed by atoms with Crippen molar-refractivity contribution in [1.29, 1.82) is 0 Å². The SMILES string of the molecule is CC(C)Oc1ccc(C(=O)c2ncccc2N)cc1. The van der Waals surface area contributed by atoms with E-state index < -0.39 is 0 Å². The number of ether oxygens (including phenoxy) is 1.